The number of furan rings is 1. The van der Waals surface area contributed by atoms with Crippen LogP contribution in [0.1, 0.15) is 18.2 Å². The van der Waals surface area contributed by atoms with Gasteiger partial charge >= 0.3 is 0 Å². The zero-order chi connectivity index (χ0) is 13.8. The van der Waals surface area contributed by atoms with Gasteiger partial charge in [-0.3, -0.25) is 0 Å². The predicted molar refractivity (Wildman–Crippen MR) is 77.9 cm³/mol. The molecule has 1 saturated heterocycles. The highest BCUT2D eigenvalue weighted by Crippen LogP contribution is 2.26. The summed E-state index contributed by atoms with van der Waals surface area (Å²) < 4.78 is 16.9. The third-order valence-electron chi connectivity index (χ3n) is 3.66. The van der Waals surface area contributed by atoms with E-state index in [1.54, 1.807) is 0 Å². The van der Waals surface area contributed by atoms with Gasteiger partial charge in [0.15, 0.2) is 0 Å². The second-order valence-electron chi connectivity index (χ2n) is 5.05. The molecule has 2 aromatic rings. The Labute approximate surface area is 119 Å². The fourth-order valence-electron chi connectivity index (χ4n) is 2.64. The monoisotopic (exact) mass is 275 g/mol. The maximum absolute atomic E-state index is 5.89. The number of hydrogen-bond donors (Lipinski definition) is 1. The van der Waals surface area contributed by atoms with Gasteiger partial charge in [0.2, 0.25) is 0 Å². The number of nitrogens with one attached hydrogen (secondary N) is 1. The molecule has 108 valence electrons. The molecule has 1 aliphatic heterocycles. The molecule has 4 nitrogen and oxygen atoms in total. The lowest BCUT2D eigenvalue weighted by atomic mass is 10.1. The van der Waals surface area contributed by atoms with Crippen LogP contribution in [0.25, 0.3) is 11.0 Å². The number of rotatable bonds is 5. The van der Waals surface area contributed by atoms with Crippen molar-refractivity contribution in [1.82, 2.24) is 5.32 Å². The number of para-hydroxylation sites is 1. The smallest absolute Gasteiger partial charge is 0.134 e. The van der Waals surface area contributed by atoms with Gasteiger partial charge in [-0.15, -0.1) is 0 Å². The molecule has 0 saturated carbocycles. The van der Waals surface area contributed by atoms with E-state index in [9.17, 15) is 0 Å². The Morgan fingerprint density at radius 2 is 2.15 bits per heavy atom. The van der Waals surface area contributed by atoms with Crippen LogP contribution < -0.4 is 5.32 Å². The Kier molecular flexibility index (Phi) is 4.35. The van der Waals surface area contributed by atoms with E-state index in [4.69, 9.17) is 13.9 Å². The van der Waals surface area contributed by atoms with E-state index in [1.807, 2.05) is 12.1 Å². The van der Waals surface area contributed by atoms with Crippen LogP contribution >= 0.6 is 0 Å². The number of benzene rings is 1. The van der Waals surface area contributed by atoms with Crippen molar-refractivity contribution in [3.8, 4) is 0 Å². The van der Waals surface area contributed by atoms with Crippen LogP contribution in [0, 0.1) is 0 Å². The average Bonchev–Trinajstić information content (AvgIpc) is 2.87. The molecule has 1 fully saturated rings. The van der Waals surface area contributed by atoms with E-state index >= 15 is 0 Å². The van der Waals surface area contributed by atoms with Crippen LogP contribution in [0.15, 0.2) is 28.7 Å². The SMILES string of the molecule is CCc1oc2ccccc2c1CNCC1COCCO1. The van der Waals surface area contributed by atoms with Gasteiger partial charge in [-0.2, -0.15) is 0 Å². The number of ether oxygens (including phenoxy) is 2. The van der Waals surface area contributed by atoms with Crippen molar-refractivity contribution in [3.63, 3.8) is 0 Å². The van der Waals surface area contributed by atoms with Crippen molar-refractivity contribution in [2.45, 2.75) is 26.0 Å². The molecule has 4 heteroatoms. The molecule has 20 heavy (non-hydrogen) atoms. The molecule has 1 unspecified atom stereocenters. The second kappa shape index (κ2) is 6.39. The molecule has 1 aromatic heterocycles. The topological polar surface area (TPSA) is 43.6 Å². The maximum atomic E-state index is 5.89. The third-order valence-corrected chi connectivity index (χ3v) is 3.66. The van der Waals surface area contributed by atoms with Crippen LogP contribution in [-0.2, 0) is 22.4 Å². The summed E-state index contributed by atoms with van der Waals surface area (Å²) in [5.74, 6) is 1.07. The summed E-state index contributed by atoms with van der Waals surface area (Å²) in [6.45, 7) is 5.83. The van der Waals surface area contributed by atoms with Crippen LogP contribution in [0.5, 0.6) is 0 Å². The normalized spacial score (nSPS) is 19.6. The van der Waals surface area contributed by atoms with Crippen molar-refractivity contribution in [1.29, 1.82) is 0 Å². The first-order chi connectivity index (χ1) is 9.88. The largest absolute Gasteiger partial charge is 0.461 e. The zero-order valence-corrected chi connectivity index (χ0v) is 11.9. The molecule has 1 atom stereocenters. The fraction of sp³-hybridized carbons (Fsp3) is 0.500. The van der Waals surface area contributed by atoms with Crippen LogP contribution in [-0.4, -0.2) is 32.5 Å². The van der Waals surface area contributed by atoms with E-state index in [0.29, 0.717) is 19.8 Å². The molecule has 0 bridgehead atoms. The Bertz CT molecular complexity index is 558. The Morgan fingerprint density at radius 3 is 2.95 bits per heavy atom. The number of fused-ring (bicyclic) bond motifs is 1. The fourth-order valence-corrected chi connectivity index (χ4v) is 2.64. The standard InChI is InChI=1S/C16H21NO3/c1-2-15-14(13-5-3-4-6-16(13)20-15)10-17-9-12-11-18-7-8-19-12/h3-6,12,17H,2,7-11H2,1H3. The van der Waals surface area contributed by atoms with Crippen LogP contribution in [0.2, 0.25) is 0 Å². The summed E-state index contributed by atoms with van der Waals surface area (Å²) >= 11 is 0. The molecule has 1 N–H and O–H groups in total. The third kappa shape index (κ3) is 2.87. The van der Waals surface area contributed by atoms with Gasteiger partial charge in [0, 0.05) is 30.5 Å². The molecular formula is C16H21NO3. The first kappa shape index (κ1) is 13.6. The lowest BCUT2D eigenvalue weighted by Gasteiger charge is -2.23. The maximum Gasteiger partial charge on any atom is 0.134 e. The van der Waals surface area contributed by atoms with E-state index < -0.39 is 0 Å². The number of aryl methyl sites for hydroxylation is 1. The lowest BCUT2D eigenvalue weighted by Crippen LogP contribution is -2.37. The van der Waals surface area contributed by atoms with Gasteiger partial charge in [-0.25, -0.2) is 0 Å². The van der Waals surface area contributed by atoms with Crippen molar-refractivity contribution >= 4 is 11.0 Å². The van der Waals surface area contributed by atoms with Crippen molar-refractivity contribution < 1.29 is 13.9 Å². The van der Waals surface area contributed by atoms with Crippen LogP contribution in [0.4, 0.5) is 0 Å². The minimum absolute atomic E-state index is 0.159. The highest BCUT2D eigenvalue weighted by atomic mass is 16.6. The van der Waals surface area contributed by atoms with Crippen molar-refractivity contribution in [2.24, 2.45) is 0 Å². The molecular weight excluding hydrogens is 254 g/mol. The van der Waals surface area contributed by atoms with Crippen LogP contribution in [0.3, 0.4) is 0 Å². The Balaban J connectivity index is 1.66. The van der Waals surface area contributed by atoms with Gasteiger partial charge in [0.1, 0.15) is 11.3 Å². The average molecular weight is 275 g/mol. The minimum Gasteiger partial charge on any atom is -0.461 e. The van der Waals surface area contributed by atoms with Gasteiger partial charge in [0.25, 0.3) is 0 Å². The molecule has 0 radical (unpaired) electrons. The summed E-state index contributed by atoms with van der Waals surface area (Å²) in [4.78, 5) is 0. The predicted octanol–water partition coefficient (Wildman–Crippen LogP) is 2.50. The van der Waals surface area contributed by atoms with Crippen molar-refractivity contribution in [2.75, 3.05) is 26.4 Å². The minimum atomic E-state index is 0.159. The van der Waals surface area contributed by atoms with E-state index in [-0.39, 0.29) is 6.10 Å². The van der Waals surface area contributed by atoms with E-state index in [2.05, 4.69) is 24.4 Å². The summed E-state index contributed by atoms with van der Waals surface area (Å²) in [5.41, 5.74) is 2.23. The Morgan fingerprint density at radius 1 is 1.25 bits per heavy atom. The molecule has 0 aliphatic carbocycles. The van der Waals surface area contributed by atoms with Gasteiger partial charge in [-0.05, 0) is 6.07 Å². The zero-order valence-electron chi connectivity index (χ0n) is 11.9. The Hall–Kier alpha value is -1.36. The van der Waals surface area contributed by atoms with E-state index in [0.717, 1.165) is 30.9 Å². The molecule has 1 aliphatic rings. The number of hydrogen-bond acceptors (Lipinski definition) is 4. The lowest BCUT2D eigenvalue weighted by molar-refractivity contribution is -0.0864. The molecule has 0 spiro atoms. The molecule has 3 rings (SSSR count). The first-order valence-electron chi connectivity index (χ1n) is 7.28. The molecule has 2 heterocycles. The van der Waals surface area contributed by atoms with Gasteiger partial charge in [0.05, 0.1) is 25.9 Å². The molecule has 0 amide bonds. The van der Waals surface area contributed by atoms with Gasteiger partial charge in [-0.1, -0.05) is 25.1 Å². The highest BCUT2D eigenvalue weighted by Gasteiger charge is 2.15. The summed E-state index contributed by atoms with van der Waals surface area (Å²) in [6.07, 6.45) is 1.07. The first-order valence-corrected chi connectivity index (χ1v) is 7.28. The molecule has 1 aromatic carbocycles. The van der Waals surface area contributed by atoms with Crippen molar-refractivity contribution in [3.05, 3.63) is 35.6 Å². The second-order valence-corrected chi connectivity index (χ2v) is 5.05. The summed E-state index contributed by atoms with van der Waals surface area (Å²) in [7, 11) is 0. The van der Waals surface area contributed by atoms with E-state index in [1.165, 1.54) is 10.9 Å². The quantitative estimate of drug-likeness (QED) is 0.910. The summed E-state index contributed by atoms with van der Waals surface area (Å²) in [5, 5.41) is 4.67. The highest BCUT2D eigenvalue weighted by molar-refractivity contribution is 5.82. The summed E-state index contributed by atoms with van der Waals surface area (Å²) in [6, 6.07) is 8.21. The van der Waals surface area contributed by atoms with Gasteiger partial charge < -0.3 is 19.2 Å².